The molecule has 3 rings (SSSR count). The summed E-state index contributed by atoms with van der Waals surface area (Å²) in [6.45, 7) is 2.97. The number of methoxy groups -OCH3 is 1. The van der Waals surface area contributed by atoms with Gasteiger partial charge in [0.1, 0.15) is 11.6 Å². The van der Waals surface area contributed by atoms with Crippen molar-refractivity contribution in [3.8, 4) is 5.75 Å². The Morgan fingerprint density at radius 2 is 2.00 bits per heavy atom. The minimum Gasteiger partial charge on any atom is -0.497 e. The number of ether oxygens (including phenoxy) is 1. The number of nitrogens with zero attached hydrogens (tertiary/aromatic N) is 1. The summed E-state index contributed by atoms with van der Waals surface area (Å²) in [7, 11) is 1.70. The third-order valence-corrected chi connectivity index (χ3v) is 5.95. The van der Waals surface area contributed by atoms with Gasteiger partial charge in [-0.3, -0.25) is 0 Å². The van der Waals surface area contributed by atoms with Crippen molar-refractivity contribution >= 4 is 27.5 Å². The Morgan fingerprint density at radius 1 is 1.23 bits per heavy atom. The van der Waals surface area contributed by atoms with Gasteiger partial charge < -0.3 is 9.64 Å². The predicted molar refractivity (Wildman–Crippen MR) is 109 cm³/mol. The van der Waals surface area contributed by atoms with Crippen molar-refractivity contribution in [1.82, 2.24) is 4.90 Å². The summed E-state index contributed by atoms with van der Waals surface area (Å²) in [6.07, 6.45) is 4.07. The molecule has 1 heterocycles. The van der Waals surface area contributed by atoms with Gasteiger partial charge in [-0.1, -0.05) is 33.6 Å². The van der Waals surface area contributed by atoms with Gasteiger partial charge in [-0.25, -0.2) is 4.39 Å². The first-order chi connectivity index (χ1) is 12.5. The maximum Gasteiger partial charge on any atom is 0.127 e. The van der Waals surface area contributed by atoms with E-state index < -0.39 is 0 Å². The number of likely N-dealkylation sites (tertiary alicyclic amines) is 1. The molecule has 2 aromatic carbocycles. The van der Waals surface area contributed by atoms with Crippen LogP contribution in [0.5, 0.6) is 5.75 Å². The van der Waals surface area contributed by atoms with Crippen molar-refractivity contribution in [2.24, 2.45) is 5.92 Å². The molecule has 140 valence electrons. The summed E-state index contributed by atoms with van der Waals surface area (Å²) in [5, 5.41) is 0.531. The molecular formula is C21H24BrClFNO. The Hall–Kier alpha value is -1.10. The van der Waals surface area contributed by atoms with Crippen molar-refractivity contribution in [2.45, 2.75) is 25.7 Å². The summed E-state index contributed by atoms with van der Waals surface area (Å²) in [6, 6.07) is 11.2. The molecule has 0 bridgehead atoms. The molecule has 0 spiro atoms. The molecule has 0 atom stereocenters. The van der Waals surface area contributed by atoms with E-state index >= 15 is 0 Å². The average Bonchev–Trinajstić information content (AvgIpc) is 2.62. The highest BCUT2D eigenvalue weighted by Gasteiger charge is 2.20. The lowest BCUT2D eigenvalue weighted by molar-refractivity contribution is 0.185. The molecule has 0 amide bonds. The van der Waals surface area contributed by atoms with Crippen molar-refractivity contribution in [2.75, 3.05) is 26.7 Å². The van der Waals surface area contributed by atoms with Gasteiger partial charge in [0.2, 0.25) is 0 Å². The molecular weight excluding hydrogens is 417 g/mol. The molecule has 0 radical (unpaired) electrons. The van der Waals surface area contributed by atoms with Gasteiger partial charge in [0.15, 0.2) is 0 Å². The first-order valence-corrected chi connectivity index (χ1v) is 10.2. The van der Waals surface area contributed by atoms with Crippen LogP contribution < -0.4 is 4.74 Å². The van der Waals surface area contributed by atoms with Gasteiger partial charge in [0.05, 0.1) is 7.11 Å². The minimum atomic E-state index is -0.198. The number of rotatable bonds is 6. The topological polar surface area (TPSA) is 12.5 Å². The first-order valence-electron chi connectivity index (χ1n) is 9.04. The Morgan fingerprint density at radius 3 is 2.69 bits per heavy atom. The molecule has 2 nitrogen and oxygen atoms in total. The lowest BCUT2D eigenvalue weighted by Crippen LogP contribution is -2.35. The number of benzene rings is 2. The normalized spacial score (nSPS) is 16.0. The summed E-state index contributed by atoms with van der Waals surface area (Å²) < 4.78 is 20.3. The summed E-state index contributed by atoms with van der Waals surface area (Å²) in [5.74, 6) is 1.38. The Balaban J connectivity index is 1.49. The van der Waals surface area contributed by atoms with Crippen molar-refractivity contribution in [3.05, 3.63) is 62.8 Å². The second-order valence-corrected chi connectivity index (χ2v) is 8.26. The maximum atomic E-state index is 13.9. The van der Waals surface area contributed by atoms with Crippen LogP contribution in [-0.4, -0.2) is 31.6 Å². The molecule has 0 saturated carbocycles. The zero-order valence-corrected chi connectivity index (χ0v) is 17.3. The molecule has 1 aliphatic rings. The fraction of sp³-hybridized carbons (Fsp3) is 0.429. The molecule has 2 aromatic rings. The smallest absolute Gasteiger partial charge is 0.127 e. The first kappa shape index (κ1) is 19.7. The van der Waals surface area contributed by atoms with Crippen LogP contribution in [0, 0.1) is 11.7 Å². The van der Waals surface area contributed by atoms with Gasteiger partial charge in [0.25, 0.3) is 0 Å². The van der Waals surface area contributed by atoms with Gasteiger partial charge in [-0.2, -0.15) is 0 Å². The highest BCUT2D eigenvalue weighted by molar-refractivity contribution is 9.10. The average molecular weight is 441 g/mol. The maximum absolute atomic E-state index is 13.9. The van der Waals surface area contributed by atoms with Gasteiger partial charge in [0, 0.05) is 21.6 Å². The van der Waals surface area contributed by atoms with E-state index in [1.807, 2.05) is 6.07 Å². The molecule has 1 saturated heterocycles. The van der Waals surface area contributed by atoms with E-state index in [0.29, 0.717) is 22.9 Å². The molecule has 0 N–H and O–H groups in total. The van der Waals surface area contributed by atoms with Crippen molar-refractivity contribution in [3.63, 3.8) is 0 Å². The van der Waals surface area contributed by atoms with Crippen LogP contribution in [0.3, 0.4) is 0 Å². The second-order valence-electron chi connectivity index (χ2n) is 6.94. The van der Waals surface area contributed by atoms with Crippen LogP contribution in [-0.2, 0) is 12.8 Å². The molecule has 0 aliphatic carbocycles. The molecule has 5 heteroatoms. The van der Waals surface area contributed by atoms with E-state index in [0.717, 1.165) is 36.3 Å². The highest BCUT2D eigenvalue weighted by Crippen LogP contribution is 2.27. The molecule has 1 aliphatic heterocycles. The number of piperidine rings is 1. The Kier molecular flexibility index (Phi) is 6.96. The second kappa shape index (κ2) is 9.20. The summed E-state index contributed by atoms with van der Waals surface area (Å²) in [4.78, 5) is 2.42. The lowest BCUT2D eigenvalue weighted by Gasteiger charge is -2.32. The summed E-state index contributed by atoms with van der Waals surface area (Å²) in [5.41, 5.74) is 1.95. The van der Waals surface area contributed by atoms with Crippen molar-refractivity contribution < 1.29 is 9.13 Å². The van der Waals surface area contributed by atoms with Crippen LogP contribution in [0.2, 0.25) is 5.02 Å². The van der Waals surface area contributed by atoms with E-state index in [9.17, 15) is 4.39 Å². The SMILES string of the molecule is COc1cc(Br)cc(CC2CCN(CCc3c(F)cccc3Cl)CC2)c1. The number of hydrogen-bond donors (Lipinski definition) is 0. The minimum absolute atomic E-state index is 0.198. The van der Waals surface area contributed by atoms with E-state index in [1.54, 1.807) is 19.2 Å². The van der Waals surface area contributed by atoms with E-state index in [2.05, 4.69) is 33.0 Å². The van der Waals surface area contributed by atoms with Crippen LogP contribution in [0.1, 0.15) is 24.0 Å². The summed E-state index contributed by atoms with van der Waals surface area (Å²) >= 11 is 9.68. The lowest BCUT2D eigenvalue weighted by atomic mass is 9.90. The largest absolute Gasteiger partial charge is 0.497 e. The molecule has 0 aromatic heterocycles. The monoisotopic (exact) mass is 439 g/mol. The van der Waals surface area contributed by atoms with Crippen LogP contribution in [0.4, 0.5) is 4.39 Å². The van der Waals surface area contributed by atoms with E-state index in [-0.39, 0.29) is 5.82 Å². The fourth-order valence-corrected chi connectivity index (χ4v) is 4.42. The van der Waals surface area contributed by atoms with E-state index in [4.69, 9.17) is 16.3 Å². The van der Waals surface area contributed by atoms with Gasteiger partial charge in [-0.15, -0.1) is 0 Å². The van der Waals surface area contributed by atoms with Crippen LogP contribution in [0.15, 0.2) is 40.9 Å². The third kappa shape index (κ3) is 5.21. The number of hydrogen-bond acceptors (Lipinski definition) is 2. The van der Waals surface area contributed by atoms with E-state index in [1.165, 1.54) is 24.5 Å². The standard InChI is InChI=1S/C21H24BrClFNO/c1-26-18-13-16(12-17(22)14-18)11-15-5-8-25(9-6-15)10-7-19-20(23)3-2-4-21(19)24/h2-4,12-15H,5-11H2,1H3. The Bertz CT molecular complexity index is 727. The van der Waals surface area contributed by atoms with Gasteiger partial charge >= 0.3 is 0 Å². The molecule has 1 fully saturated rings. The zero-order valence-electron chi connectivity index (χ0n) is 15.0. The predicted octanol–water partition coefficient (Wildman–Crippen LogP) is 5.75. The fourth-order valence-electron chi connectivity index (χ4n) is 3.65. The third-order valence-electron chi connectivity index (χ3n) is 5.14. The Labute approximate surface area is 168 Å². The van der Waals surface area contributed by atoms with Crippen LogP contribution in [0.25, 0.3) is 0 Å². The highest BCUT2D eigenvalue weighted by atomic mass is 79.9. The molecule has 26 heavy (non-hydrogen) atoms. The zero-order chi connectivity index (χ0) is 18.5. The van der Waals surface area contributed by atoms with Crippen molar-refractivity contribution in [1.29, 1.82) is 0 Å². The van der Waals surface area contributed by atoms with Crippen LogP contribution >= 0.6 is 27.5 Å². The molecule has 0 unspecified atom stereocenters. The van der Waals surface area contributed by atoms with Gasteiger partial charge in [-0.05, 0) is 80.6 Å². The quantitative estimate of drug-likeness (QED) is 0.567. The number of halogens is 3.